The van der Waals surface area contributed by atoms with Crippen molar-refractivity contribution in [2.75, 3.05) is 32.9 Å². The topological polar surface area (TPSA) is 34.8 Å². The van der Waals surface area contributed by atoms with Crippen LogP contribution in [0.1, 0.15) is 37.7 Å². The van der Waals surface area contributed by atoms with Gasteiger partial charge in [0.1, 0.15) is 11.5 Å². The van der Waals surface area contributed by atoms with Crippen molar-refractivity contribution in [2.45, 2.75) is 45.3 Å². The third kappa shape index (κ3) is 3.33. The highest BCUT2D eigenvalue weighted by Gasteiger charge is 2.46. The van der Waals surface area contributed by atoms with Gasteiger partial charge in [-0.15, -0.1) is 0 Å². The van der Waals surface area contributed by atoms with Crippen molar-refractivity contribution in [3.8, 4) is 0 Å². The number of rotatable bonds is 5. The van der Waals surface area contributed by atoms with E-state index in [0.717, 1.165) is 51.0 Å². The molecule has 1 spiro atoms. The van der Waals surface area contributed by atoms with E-state index in [2.05, 4.69) is 17.9 Å². The molecule has 21 heavy (non-hydrogen) atoms. The van der Waals surface area contributed by atoms with Crippen LogP contribution >= 0.6 is 0 Å². The predicted molar refractivity (Wildman–Crippen MR) is 81.2 cm³/mol. The fraction of sp³-hybridized carbons (Fsp3) is 0.765. The summed E-state index contributed by atoms with van der Waals surface area (Å²) >= 11 is 0. The quantitative estimate of drug-likeness (QED) is 0.836. The summed E-state index contributed by atoms with van der Waals surface area (Å²) in [7, 11) is 0. The molecule has 0 radical (unpaired) electrons. The van der Waals surface area contributed by atoms with E-state index in [0.29, 0.717) is 5.92 Å². The maximum absolute atomic E-state index is 6.26. The van der Waals surface area contributed by atoms with Crippen LogP contribution in [-0.4, -0.2) is 43.4 Å². The molecular weight excluding hydrogens is 266 g/mol. The molecule has 1 saturated heterocycles. The first-order valence-electron chi connectivity index (χ1n) is 8.21. The van der Waals surface area contributed by atoms with E-state index in [-0.39, 0.29) is 5.60 Å². The summed E-state index contributed by atoms with van der Waals surface area (Å²) in [5, 5.41) is 0. The molecular formula is C17H27NO3. The highest BCUT2D eigenvalue weighted by atomic mass is 16.5. The molecule has 1 aromatic rings. The average Bonchev–Trinajstić information content (AvgIpc) is 3.04. The van der Waals surface area contributed by atoms with Gasteiger partial charge < -0.3 is 13.9 Å². The third-order valence-corrected chi connectivity index (χ3v) is 4.88. The smallest absolute Gasteiger partial charge is 0.118 e. The number of aryl methyl sites for hydroxylation is 1. The summed E-state index contributed by atoms with van der Waals surface area (Å²) in [6, 6.07) is 4.13. The number of hydrogen-bond donors (Lipinski definition) is 0. The van der Waals surface area contributed by atoms with Crippen LogP contribution in [0.4, 0.5) is 0 Å². The molecule has 1 aliphatic heterocycles. The van der Waals surface area contributed by atoms with Gasteiger partial charge in [0, 0.05) is 25.6 Å². The molecule has 1 aromatic heterocycles. The molecule has 0 bridgehead atoms. The van der Waals surface area contributed by atoms with Gasteiger partial charge in [-0.3, -0.25) is 4.90 Å². The lowest BCUT2D eigenvalue weighted by molar-refractivity contribution is -0.143. The second kappa shape index (κ2) is 6.51. The molecule has 4 heteroatoms. The third-order valence-electron chi connectivity index (χ3n) is 4.88. The lowest BCUT2D eigenvalue weighted by Crippen LogP contribution is -2.54. The minimum absolute atomic E-state index is 0.00899. The van der Waals surface area contributed by atoms with E-state index in [4.69, 9.17) is 13.9 Å². The first kappa shape index (κ1) is 15.1. The molecule has 1 saturated carbocycles. The summed E-state index contributed by atoms with van der Waals surface area (Å²) in [4.78, 5) is 2.48. The molecule has 3 rings (SSSR count). The predicted octanol–water partition coefficient (Wildman–Crippen LogP) is 3.00. The molecule has 2 aliphatic rings. The largest absolute Gasteiger partial charge is 0.465 e. The van der Waals surface area contributed by atoms with Crippen LogP contribution in [-0.2, 0) is 16.0 Å². The Hall–Kier alpha value is -0.840. The van der Waals surface area contributed by atoms with Gasteiger partial charge in [-0.05, 0) is 38.8 Å². The molecule has 2 atom stereocenters. The summed E-state index contributed by atoms with van der Waals surface area (Å²) < 4.78 is 17.7. The molecule has 4 nitrogen and oxygen atoms in total. The molecule has 118 valence electrons. The van der Waals surface area contributed by atoms with Crippen molar-refractivity contribution in [1.82, 2.24) is 4.90 Å². The Bertz CT molecular complexity index is 459. The first-order chi connectivity index (χ1) is 10.2. The number of hydrogen-bond acceptors (Lipinski definition) is 4. The van der Waals surface area contributed by atoms with Crippen LogP contribution in [0.15, 0.2) is 16.5 Å². The van der Waals surface area contributed by atoms with Gasteiger partial charge >= 0.3 is 0 Å². The maximum Gasteiger partial charge on any atom is 0.118 e. The van der Waals surface area contributed by atoms with Gasteiger partial charge in [-0.25, -0.2) is 0 Å². The highest BCUT2D eigenvalue weighted by molar-refractivity contribution is 5.06. The molecule has 0 unspecified atom stereocenters. The molecule has 0 aromatic carbocycles. The SMILES string of the molecule is CCOC[C@@H]1CCC[C@@]12CN(Cc1ccc(C)o1)CCO2. The standard InChI is InChI=1S/C17H27NO3/c1-3-19-12-15-5-4-8-17(15)13-18(9-10-20-17)11-16-7-6-14(2)21-16/h6-7,15H,3-5,8-13H2,1-2H3/t15-,17+/m0/s1. The van der Waals surface area contributed by atoms with Crippen LogP contribution in [0.5, 0.6) is 0 Å². The minimum Gasteiger partial charge on any atom is -0.465 e. The van der Waals surface area contributed by atoms with E-state index >= 15 is 0 Å². The fourth-order valence-electron chi connectivity index (χ4n) is 3.82. The van der Waals surface area contributed by atoms with Crippen molar-refractivity contribution in [1.29, 1.82) is 0 Å². The Morgan fingerprint density at radius 1 is 1.43 bits per heavy atom. The molecule has 0 N–H and O–H groups in total. The van der Waals surface area contributed by atoms with Crippen molar-refractivity contribution in [3.63, 3.8) is 0 Å². The van der Waals surface area contributed by atoms with Gasteiger partial charge in [0.05, 0.1) is 25.4 Å². The zero-order chi connectivity index (χ0) is 14.7. The fourth-order valence-corrected chi connectivity index (χ4v) is 3.82. The summed E-state index contributed by atoms with van der Waals surface area (Å²) in [5.41, 5.74) is 0.00899. The van der Waals surface area contributed by atoms with Gasteiger partial charge in [0.15, 0.2) is 0 Å². The lowest BCUT2D eigenvalue weighted by Gasteiger charge is -2.43. The second-order valence-electron chi connectivity index (χ2n) is 6.38. The second-order valence-corrected chi connectivity index (χ2v) is 6.38. The Balaban J connectivity index is 1.64. The van der Waals surface area contributed by atoms with Gasteiger partial charge in [-0.2, -0.15) is 0 Å². The van der Waals surface area contributed by atoms with Gasteiger partial charge in [0.25, 0.3) is 0 Å². The number of morpholine rings is 1. The van der Waals surface area contributed by atoms with Gasteiger partial charge in [0.2, 0.25) is 0 Å². The zero-order valence-corrected chi connectivity index (χ0v) is 13.3. The highest BCUT2D eigenvalue weighted by Crippen LogP contribution is 2.41. The van der Waals surface area contributed by atoms with Crippen LogP contribution in [0.2, 0.25) is 0 Å². The van der Waals surface area contributed by atoms with Crippen molar-refractivity contribution in [3.05, 3.63) is 23.7 Å². The van der Waals surface area contributed by atoms with E-state index < -0.39 is 0 Å². The molecule has 0 amide bonds. The molecule has 2 fully saturated rings. The summed E-state index contributed by atoms with van der Waals surface area (Å²) in [6.07, 6.45) is 3.65. The lowest BCUT2D eigenvalue weighted by atomic mass is 9.89. The van der Waals surface area contributed by atoms with Crippen LogP contribution < -0.4 is 0 Å². The van der Waals surface area contributed by atoms with E-state index in [1.165, 1.54) is 19.3 Å². The van der Waals surface area contributed by atoms with E-state index in [1.54, 1.807) is 0 Å². The van der Waals surface area contributed by atoms with Crippen LogP contribution in [0.25, 0.3) is 0 Å². The van der Waals surface area contributed by atoms with Gasteiger partial charge in [-0.1, -0.05) is 6.42 Å². The van der Waals surface area contributed by atoms with Crippen molar-refractivity contribution in [2.24, 2.45) is 5.92 Å². The van der Waals surface area contributed by atoms with Crippen molar-refractivity contribution < 1.29 is 13.9 Å². The Morgan fingerprint density at radius 3 is 3.10 bits per heavy atom. The normalized spacial score (nSPS) is 30.3. The Morgan fingerprint density at radius 2 is 2.33 bits per heavy atom. The Labute approximate surface area is 127 Å². The Kier molecular flexibility index (Phi) is 4.67. The first-order valence-corrected chi connectivity index (χ1v) is 8.21. The number of nitrogens with zero attached hydrogens (tertiary/aromatic N) is 1. The van der Waals surface area contributed by atoms with Crippen molar-refractivity contribution >= 4 is 0 Å². The van der Waals surface area contributed by atoms with Crippen LogP contribution in [0, 0.1) is 12.8 Å². The summed E-state index contributed by atoms with van der Waals surface area (Å²) in [6.45, 7) is 9.40. The van der Waals surface area contributed by atoms with Crippen LogP contribution in [0.3, 0.4) is 0 Å². The maximum atomic E-state index is 6.26. The van der Waals surface area contributed by atoms with E-state index in [1.807, 2.05) is 13.0 Å². The molecule has 1 aliphatic carbocycles. The monoisotopic (exact) mass is 293 g/mol. The zero-order valence-electron chi connectivity index (χ0n) is 13.3. The van der Waals surface area contributed by atoms with E-state index in [9.17, 15) is 0 Å². The molecule has 2 heterocycles. The number of ether oxygens (including phenoxy) is 2. The number of furan rings is 1. The summed E-state index contributed by atoms with van der Waals surface area (Å²) in [5.74, 6) is 2.59. The average molecular weight is 293 g/mol. The minimum atomic E-state index is 0.00899.